The van der Waals surface area contributed by atoms with Crippen LogP contribution in [0.1, 0.15) is 24.7 Å². The Bertz CT molecular complexity index is 942. The van der Waals surface area contributed by atoms with Gasteiger partial charge in [0.05, 0.1) is 26.8 Å². The Hall–Kier alpha value is -3.20. The van der Waals surface area contributed by atoms with E-state index in [1.54, 1.807) is 6.07 Å². The van der Waals surface area contributed by atoms with Gasteiger partial charge in [0.1, 0.15) is 5.52 Å². The average molecular weight is 397 g/mol. The first-order chi connectivity index (χ1) is 14.1. The second kappa shape index (κ2) is 8.44. The molecule has 0 saturated carbocycles. The van der Waals surface area contributed by atoms with Gasteiger partial charge >= 0.3 is 0 Å². The van der Waals surface area contributed by atoms with Crippen molar-refractivity contribution in [2.24, 2.45) is 0 Å². The molecule has 1 fully saturated rings. The molecule has 9 nitrogen and oxygen atoms in total. The Morgan fingerprint density at radius 2 is 1.83 bits per heavy atom. The van der Waals surface area contributed by atoms with Crippen LogP contribution in [0.2, 0.25) is 0 Å². The van der Waals surface area contributed by atoms with E-state index in [0.717, 1.165) is 42.9 Å². The highest BCUT2D eigenvalue weighted by atomic mass is 16.5. The van der Waals surface area contributed by atoms with E-state index in [4.69, 9.17) is 13.9 Å². The Morgan fingerprint density at radius 3 is 2.48 bits per heavy atom. The number of likely N-dealkylation sites (tertiary alicyclic amines) is 1. The van der Waals surface area contributed by atoms with Crippen molar-refractivity contribution in [1.29, 1.82) is 0 Å². The number of hydrogen-bond donors (Lipinski definition) is 1. The molecular formula is C20H23N5O4. The maximum Gasteiger partial charge on any atom is 0.240 e. The molecule has 152 valence electrons. The molecule has 1 amide bonds. The molecule has 0 atom stereocenters. The summed E-state index contributed by atoms with van der Waals surface area (Å²) in [7, 11) is 2.99. The number of nitrogens with one attached hydrogen (secondary N) is 1. The molecule has 1 aromatic carbocycles. The maximum absolute atomic E-state index is 12.4. The summed E-state index contributed by atoms with van der Waals surface area (Å²) >= 11 is 0. The first-order valence-corrected chi connectivity index (χ1v) is 9.49. The van der Waals surface area contributed by atoms with Crippen LogP contribution >= 0.6 is 0 Å². The van der Waals surface area contributed by atoms with Crippen LogP contribution < -0.4 is 14.8 Å². The van der Waals surface area contributed by atoms with Gasteiger partial charge in [-0.2, -0.15) is 9.97 Å². The SMILES string of the molecule is COc1cc(OC)nc(NC(=O)CN2CCC(c3nc4ccccc4o3)CC2)n1. The lowest BCUT2D eigenvalue weighted by Crippen LogP contribution is -2.39. The second-order valence-electron chi connectivity index (χ2n) is 6.89. The van der Waals surface area contributed by atoms with E-state index in [1.165, 1.54) is 14.2 Å². The number of methoxy groups -OCH3 is 2. The van der Waals surface area contributed by atoms with Crippen LogP contribution in [-0.2, 0) is 4.79 Å². The Kier molecular flexibility index (Phi) is 5.57. The number of fused-ring (bicyclic) bond motifs is 1. The zero-order chi connectivity index (χ0) is 20.2. The summed E-state index contributed by atoms with van der Waals surface area (Å²) in [4.78, 5) is 27.4. The number of carbonyl (C=O) groups is 1. The molecule has 2 aromatic heterocycles. The van der Waals surface area contributed by atoms with Gasteiger partial charge in [-0.25, -0.2) is 4.98 Å². The zero-order valence-corrected chi connectivity index (χ0v) is 16.4. The number of piperidine rings is 1. The molecule has 1 aliphatic rings. The molecule has 4 rings (SSSR count). The lowest BCUT2D eigenvalue weighted by atomic mass is 9.97. The van der Waals surface area contributed by atoms with Gasteiger partial charge in [-0.15, -0.1) is 0 Å². The minimum atomic E-state index is -0.180. The van der Waals surface area contributed by atoms with E-state index in [-0.39, 0.29) is 24.3 Å². The first-order valence-electron chi connectivity index (χ1n) is 9.49. The fourth-order valence-corrected chi connectivity index (χ4v) is 3.44. The van der Waals surface area contributed by atoms with E-state index in [1.807, 2.05) is 24.3 Å². The molecule has 0 radical (unpaired) electrons. The number of anilines is 1. The van der Waals surface area contributed by atoms with Crippen LogP contribution in [0.5, 0.6) is 11.8 Å². The minimum absolute atomic E-state index is 0.160. The van der Waals surface area contributed by atoms with Gasteiger partial charge in [0.2, 0.25) is 23.6 Å². The standard InChI is InChI=1S/C20H23N5O4/c1-27-17-11-18(28-2)24-20(23-17)22-16(26)12-25-9-7-13(8-10-25)19-21-14-5-3-4-6-15(14)29-19/h3-6,11,13H,7-10,12H2,1-2H3,(H,22,23,24,26). The Labute approximate surface area is 168 Å². The van der Waals surface area contributed by atoms with Crippen molar-refractivity contribution in [2.45, 2.75) is 18.8 Å². The summed E-state index contributed by atoms with van der Waals surface area (Å²) in [5.41, 5.74) is 1.70. The number of hydrogen-bond acceptors (Lipinski definition) is 8. The molecule has 9 heteroatoms. The number of ether oxygens (including phenoxy) is 2. The molecule has 0 unspecified atom stereocenters. The quantitative estimate of drug-likeness (QED) is 0.677. The highest BCUT2D eigenvalue weighted by Crippen LogP contribution is 2.29. The minimum Gasteiger partial charge on any atom is -0.481 e. The molecule has 3 aromatic rings. The van der Waals surface area contributed by atoms with Crippen LogP contribution in [0.4, 0.5) is 5.95 Å². The van der Waals surface area contributed by atoms with Crippen molar-refractivity contribution >= 4 is 23.0 Å². The van der Waals surface area contributed by atoms with Gasteiger partial charge in [0.25, 0.3) is 0 Å². The fraction of sp³-hybridized carbons (Fsp3) is 0.400. The number of oxazole rings is 1. The van der Waals surface area contributed by atoms with E-state index in [9.17, 15) is 4.79 Å². The summed E-state index contributed by atoms with van der Waals surface area (Å²) in [5.74, 6) is 1.69. The van der Waals surface area contributed by atoms with E-state index in [2.05, 4.69) is 25.2 Å². The van der Waals surface area contributed by atoms with Gasteiger partial charge in [-0.05, 0) is 38.1 Å². The maximum atomic E-state index is 12.4. The molecule has 1 aliphatic heterocycles. The highest BCUT2D eigenvalue weighted by Gasteiger charge is 2.25. The highest BCUT2D eigenvalue weighted by molar-refractivity contribution is 5.90. The molecule has 1 saturated heterocycles. The summed E-state index contributed by atoms with van der Waals surface area (Å²) in [6.07, 6.45) is 1.78. The first kappa shape index (κ1) is 19.1. The third-order valence-electron chi connectivity index (χ3n) is 4.96. The summed E-state index contributed by atoms with van der Waals surface area (Å²) in [5, 5.41) is 2.71. The average Bonchev–Trinajstić information content (AvgIpc) is 3.18. The number of carbonyl (C=O) groups excluding carboxylic acids is 1. The monoisotopic (exact) mass is 397 g/mol. The van der Waals surface area contributed by atoms with Gasteiger partial charge in [0.15, 0.2) is 11.5 Å². The predicted molar refractivity (Wildman–Crippen MR) is 106 cm³/mol. The largest absolute Gasteiger partial charge is 0.481 e. The molecule has 0 bridgehead atoms. The van der Waals surface area contributed by atoms with Gasteiger partial charge < -0.3 is 13.9 Å². The van der Waals surface area contributed by atoms with Crippen LogP contribution in [0.25, 0.3) is 11.1 Å². The lowest BCUT2D eigenvalue weighted by Gasteiger charge is -2.29. The van der Waals surface area contributed by atoms with Crippen molar-refractivity contribution in [3.05, 3.63) is 36.2 Å². The number of rotatable bonds is 6. The van der Waals surface area contributed by atoms with Crippen molar-refractivity contribution in [1.82, 2.24) is 19.9 Å². The number of para-hydroxylation sites is 2. The van der Waals surface area contributed by atoms with E-state index in [0.29, 0.717) is 11.8 Å². The van der Waals surface area contributed by atoms with Crippen molar-refractivity contribution in [3.8, 4) is 11.8 Å². The Morgan fingerprint density at radius 1 is 1.14 bits per heavy atom. The van der Waals surface area contributed by atoms with Crippen LogP contribution in [0.3, 0.4) is 0 Å². The van der Waals surface area contributed by atoms with E-state index < -0.39 is 0 Å². The van der Waals surface area contributed by atoms with Crippen LogP contribution in [0, 0.1) is 0 Å². The molecular weight excluding hydrogens is 374 g/mol. The zero-order valence-electron chi connectivity index (χ0n) is 16.4. The normalized spacial score (nSPS) is 15.4. The number of nitrogens with zero attached hydrogens (tertiary/aromatic N) is 4. The van der Waals surface area contributed by atoms with Gasteiger partial charge in [-0.3, -0.25) is 15.0 Å². The second-order valence-corrected chi connectivity index (χ2v) is 6.89. The topological polar surface area (TPSA) is 103 Å². The number of amides is 1. The van der Waals surface area contributed by atoms with Crippen LogP contribution in [0.15, 0.2) is 34.7 Å². The summed E-state index contributed by atoms with van der Waals surface area (Å²) < 4.78 is 16.1. The number of aromatic nitrogens is 3. The smallest absolute Gasteiger partial charge is 0.240 e. The van der Waals surface area contributed by atoms with Crippen LogP contribution in [-0.4, -0.2) is 59.6 Å². The molecule has 3 heterocycles. The van der Waals surface area contributed by atoms with Crippen molar-refractivity contribution < 1.29 is 18.7 Å². The third kappa shape index (κ3) is 4.45. The van der Waals surface area contributed by atoms with Crippen molar-refractivity contribution in [2.75, 3.05) is 39.2 Å². The summed E-state index contributed by atoms with van der Waals surface area (Å²) in [6.45, 7) is 1.85. The van der Waals surface area contributed by atoms with Gasteiger partial charge in [-0.1, -0.05) is 12.1 Å². The predicted octanol–water partition coefficient (Wildman–Crippen LogP) is 2.45. The van der Waals surface area contributed by atoms with E-state index >= 15 is 0 Å². The number of benzene rings is 1. The third-order valence-corrected chi connectivity index (χ3v) is 4.96. The van der Waals surface area contributed by atoms with Gasteiger partial charge in [0, 0.05) is 5.92 Å². The molecule has 0 spiro atoms. The fourth-order valence-electron chi connectivity index (χ4n) is 3.44. The summed E-state index contributed by atoms with van der Waals surface area (Å²) in [6, 6.07) is 9.34. The lowest BCUT2D eigenvalue weighted by molar-refractivity contribution is -0.117. The van der Waals surface area contributed by atoms with Crippen molar-refractivity contribution in [3.63, 3.8) is 0 Å². The Balaban J connectivity index is 1.32. The molecule has 0 aliphatic carbocycles. The molecule has 29 heavy (non-hydrogen) atoms. The molecule has 1 N–H and O–H groups in total.